The van der Waals surface area contributed by atoms with E-state index in [-0.39, 0.29) is 28.0 Å². The fourth-order valence-electron chi connectivity index (χ4n) is 2.38. The lowest BCUT2D eigenvalue weighted by Crippen LogP contribution is -2.26. The van der Waals surface area contributed by atoms with Crippen molar-refractivity contribution in [2.75, 3.05) is 14.1 Å². The largest absolute Gasteiger partial charge is 0.503 e. The van der Waals surface area contributed by atoms with Gasteiger partial charge in [0.25, 0.3) is 11.4 Å². The fourth-order valence-corrected chi connectivity index (χ4v) is 2.38. The molecule has 3 aromatic rings. The number of aromatic hydroxyl groups is 1. The summed E-state index contributed by atoms with van der Waals surface area (Å²) in [4.78, 5) is 29.4. The van der Waals surface area contributed by atoms with Crippen LogP contribution in [0.2, 0.25) is 0 Å². The number of nitrogens with zero attached hydrogens (tertiary/aromatic N) is 3. The first kappa shape index (κ1) is 16.5. The number of fused-ring (bicyclic) bond motifs is 1. The summed E-state index contributed by atoms with van der Waals surface area (Å²) in [6.07, 6.45) is 2.23. The summed E-state index contributed by atoms with van der Waals surface area (Å²) in [5, 5.41) is 10.8. The first-order valence-corrected chi connectivity index (χ1v) is 7.61. The molecule has 7 nitrogen and oxygen atoms in total. The number of rotatable bonds is 3. The molecule has 3 rings (SSSR count). The second-order valence-electron chi connectivity index (χ2n) is 5.74. The lowest BCUT2D eigenvalue weighted by atomic mass is 10.2. The molecule has 0 spiro atoms. The number of hydrogen-bond donors (Lipinski definition) is 1. The molecule has 2 heterocycles. The molecule has 0 saturated carbocycles. The topological polar surface area (TPSA) is 84.7 Å². The zero-order valence-electron chi connectivity index (χ0n) is 13.8. The predicted molar refractivity (Wildman–Crippen MR) is 92.9 cm³/mol. The number of benzene rings is 1. The molecule has 1 amide bonds. The van der Waals surface area contributed by atoms with Crippen molar-refractivity contribution in [1.82, 2.24) is 14.5 Å². The Kier molecular flexibility index (Phi) is 4.38. The van der Waals surface area contributed by atoms with Crippen LogP contribution in [-0.4, -0.2) is 39.7 Å². The molecule has 0 saturated heterocycles. The Hall–Kier alpha value is -3.35. The van der Waals surface area contributed by atoms with Crippen molar-refractivity contribution in [3.63, 3.8) is 0 Å². The third-order valence-corrected chi connectivity index (χ3v) is 3.72. The van der Waals surface area contributed by atoms with Crippen molar-refractivity contribution in [3.8, 4) is 11.6 Å². The highest BCUT2D eigenvalue weighted by molar-refractivity contribution is 5.88. The summed E-state index contributed by atoms with van der Waals surface area (Å²) in [5.41, 5.74) is 0.701. The van der Waals surface area contributed by atoms with Gasteiger partial charge in [0.05, 0.1) is 11.9 Å². The highest BCUT2D eigenvalue weighted by atomic mass is 16.6. The van der Waals surface area contributed by atoms with Gasteiger partial charge in [0.2, 0.25) is 0 Å². The Bertz CT molecular complexity index is 981. The van der Waals surface area contributed by atoms with Crippen LogP contribution in [0.3, 0.4) is 0 Å². The van der Waals surface area contributed by atoms with E-state index in [9.17, 15) is 14.7 Å². The number of aromatic nitrogens is 2. The third kappa shape index (κ3) is 3.30. The van der Waals surface area contributed by atoms with Crippen molar-refractivity contribution >= 4 is 16.9 Å². The maximum Gasteiger partial charge on any atom is 0.416 e. The van der Waals surface area contributed by atoms with E-state index in [2.05, 4.69) is 4.98 Å². The normalized spacial score (nSPS) is 10.6. The molecule has 1 aromatic carbocycles. The number of carbonyl (C=O) groups is 1. The molecule has 0 radical (unpaired) electrons. The van der Waals surface area contributed by atoms with Gasteiger partial charge in [0.15, 0.2) is 5.75 Å². The third-order valence-electron chi connectivity index (χ3n) is 3.72. The molecule has 128 valence electrons. The van der Waals surface area contributed by atoms with Gasteiger partial charge in [-0.2, -0.15) is 0 Å². The van der Waals surface area contributed by atoms with Crippen LogP contribution in [0, 0.1) is 0 Å². The van der Waals surface area contributed by atoms with Crippen LogP contribution in [0.4, 0.5) is 4.79 Å². The molecule has 2 aromatic heterocycles. The first-order valence-electron chi connectivity index (χ1n) is 7.61. The Morgan fingerprint density at radius 2 is 1.92 bits per heavy atom. The van der Waals surface area contributed by atoms with Crippen molar-refractivity contribution in [1.29, 1.82) is 0 Å². The van der Waals surface area contributed by atoms with Crippen LogP contribution in [-0.2, 0) is 6.54 Å². The van der Waals surface area contributed by atoms with Crippen LogP contribution >= 0.6 is 0 Å². The van der Waals surface area contributed by atoms with E-state index in [0.29, 0.717) is 6.54 Å². The Labute approximate surface area is 143 Å². The van der Waals surface area contributed by atoms with Gasteiger partial charge in [-0.25, -0.2) is 9.78 Å². The predicted octanol–water partition coefficient (Wildman–Crippen LogP) is 2.21. The highest BCUT2D eigenvalue weighted by Gasteiger charge is 2.16. The number of pyridine rings is 2. The number of hydrogen-bond acceptors (Lipinski definition) is 5. The van der Waals surface area contributed by atoms with Crippen molar-refractivity contribution < 1.29 is 14.6 Å². The second kappa shape index (κ2) is 6.64. The Balaban J connectivity index is 2.00. The summed E-state index contributed by atoms with van der Waals surface area (Å²) < 4.78 is 6.53. The molecule has 25 heavy (non-hydrogen) atoms. The molecule has 0 atom stereocenters. The maximum absolute atomic E-state index is 12.6. The van der Waals surface area contributed by atoms with Gasteiger partial charge in [0.1, 0.15) is 0 Å². The quantitative estimate of drug-likeness (QED) is 0.791. The number of ether oxygens (including phenoxy) is 1. The molecule has 0 bridgehead atoms. The van der Waals surface area contributed by atoms with Crippen molar-refractivity contribution in [2.24, 2.45) is 0 Å². The Morgan fingerprint density at radius 3 is 2.60 bits per heavy atom. The molecule has 0 aliphatic carbocycles. The summed E-state index contributed by atoms with van der Waals surface area (Å²) in [7, 11) is 3.03. The van der Waals surface area contributed by atoms with Gasteiger partial charge < -0.3 is 19.3 Å². The molecule has 0 fully saturated rings. The van der Waals surface area contributed by atoms with E-state index < -0.39 is 6.09 Å². The van der Waals surface area contributed by atoms with Gasteiger partial charge in [-0.1, -0.05) is 30.3 Å². The smallest absolute Gasteiger partial charge is 0.416 e. The van der Waals surface area contributed by atoms with E-state index in [0.717, 1.165) is 5.56 Å². The minimum Gasteiger partial charge on any atom is -0.503 e. The van der Waals surface area contributed by atoms with Gasteiger partial charge in [-0.15, -0.1) is 0 Å². The average molecular weight is 339 g/mol. The molecule has 7 heteroatoms. The minimum absolute atomic E-state index is 0.230. The molecule has 0 aliphatic rings. The summed E-state index contributed by atoms with van der Waals surface area (Å²) >= 11 is 0. The highest BCUT2D eigenvalue weighted by Crippen LogP contribution is 2.30. The summed E-state index contributed by atoms with van der Waals surface area (Å²) in [5.74, 6) is -0.567. The van der Waals surface area contributed by atoms with E-state index >= 15 is 0 Å². The lowest BCUT2D eigenvalue weighted by molar-refractivity contribution is 0.168. The molecular weight excluding hydrogens is 322 g/mol. The minimum atomic E-state index is -0.667. The van der Waals surface area contributed by atoms with Crippen molar-refractivity contribution in [2.45, 2.75) is 6.54 Å². The Morgan fingerprint density at radius 1 is 1.20 bits per heavy atom. The van der Waals surface area contributed by atoms with Crippen LogP contribution in [0.1, 0.15) is 5.56 Å². The van der Waals surface area contributed by atoms with E-state index in [1.807, 2.05) is 30.3 Å². The van der Waals surface area contributed by atoms with Crippen LogP contribution in [0.25, 0.3) is 10.8 Å². The summed E-state index contributed by atoms with van der Waals surface area (Å²) in [6.45, 7) is 0.410. The molecule has 0 aliphatic heterocycles. The second-order valence-corrected chi connectivity index (χ2v) is 5.74. The van der Waals surface area contributed by atoms with Crippen LogP contribution < -0.4 is 10.3 Å². The number of amides is 1. The molecule has 0 unspecified atom stereocenters. The maximum atomic E-state index is 12.6. The van der Waals surface area contributed by atoms with E-state index in [4.69, 9.17) is 4.74 Å². The lowest BCUT2D eigenvalue weighted by Gasteiger charge is -2.12. The molecular formula is C18H17N3O4. The number of carbonyl (C=O) groups excluding carboxylic acids is 1. The van der Waals surface area contributed by atoms with Gasteiger partial charge >= 0.3 is 6.09 Å². The summed E-state index contributed by atoms with van der Waals surface area (Å²) in [6, 6.07) is 11.2. The van der Waals surface area contributed by atoms with Crippen LogP contribution in [0.5, 0.6) is 11.6 Å². The van der Waals surface area contributed by atoms with Gasteiger partial charge in [-0.3, -0.25) is 4.79 Å². The monoisotopic (exact) mass is 339 g/mol. The van der Waals surface area contributed by atoms with Gasteiger partial charge in [0, 0.05) is 31.9 Å². The molecule has 1 N–H and O–H groups in total. The van der Waals surface area contributed by atoms with E-state index in [1.165, 1.54) is 29.8 Å². The average Bonchev–Trinajstić information content (AvgIpc) is 2.60. The van der Waals surface area contributed by atoms with Crippen molar-refractivity contribution in [3.05, 3.63) is 64.7 Å². The SMILES string of the molecule is CN(C)C(=O)Oc1ncc2c(=O)n(Cc3ccccc3)ccc2c1O. The fraction of sp³-hybridized carbons (Fsp3) is 0.167. The first-order chi connectivity index (χ1) is 12.0. The zero-order valence-corrected chi connectivity index (χ0v) is 13.8. The standard InChI is InChI=1S/C18H17N3O4/c1-20(2)18(24)25-16-15(22)13-8-9-21(17(23)14(13)10-19-16)11-12-6-4-3-5-7-12/h3-10,22H,11H2,1-2H3. The van der Waals surface area contributed by atoms with E-state index in [1.54, 1.807) is 12.3 Å². The van der Waals surface area contributed by atoms with Gasteiger partial charge in [-0.05, 0) is 11.6 Å². The van der Waals surface area contributed by atoms with Crippen LogP contribution in [0.15, 0.2) is 53.6 Å². The zero-order chi connectivity index (χ0) is 18.0.